The van der Waals surface area contributed by atoms with Crippen molar-refractivity contribution < 1.29 is 4.79 Å². The lowest BCUT2D eigenvalue weighted by molar-refractivity contribution is -0.124. The number of rotatable bonds is 2. The molecule has 1 aliphatic rings. The summed E-state index contributed by atoms with van der Waals surface area (Å²) in [6.07, 6.45) is 0.628. The van der Waals surface area contributed by atoms with Crippen molar-refractivity contribution in [2.45, 2.75) is 12.5 Å². The van der Waals surface area contributed by atoms with E-state index in [0.29, 0.717) is 23.0 Å². The summed E-state index contributed by atoms with van der Waals surface area (Å²) in [6, 6.07) is 5.26. The fourth-order valence-electron chi connectivity index (χ4n) is 1.72. The van der Waals surface area contributed by atoms with Crippen LogP contribution in [0.3, 0.4) is 0 Å². The average Bonchev–Trinajstić information content (AvgIpc) is 2.27. The van der Waals surface area contributed by atoms with Gasteiger partial charge in [0.1, 0.15) is 0 Å². The third kappa shape index (κ3) is 2.67. The molecule has 1 aromatic rings. The predicted octanol–water partition coefficient (Wildman–Crippen LogP) is 1.62. The van der Waals surface area contributed by atoms with E-state index in [0.717, 1.165) is 12.1 Å². The van der Waals surface area contributed by atoms with Crippen molar-refractivity contribution in [2.24, 2.45) is 0 Å². The first-order chi connectivity index (χ1) is 7.66. The van der Waals surface area contributed by atoms with Crippen LogP contribution in [0.5, 0.6) is 0 Å². The van der Waals surface area contributed by atoms with E-state index >= 15 is 0 Å². The van der Waals surface area contributed by atoms with Gasteiger partial charge in [0.05, 0.1) is 16.1 Å². The third-order valence-corrected chi connectivity index (χ3v) is 3.29. The summed E-state index contributed by atoms with van der Waals surface area (Å²) in [6.45, 7) is 1.49. The van der Waals surface area contributed by atoms with Crippen molar-refractivity contribution in [3.63, 3.8) is 0 Å². The van der Waals surface area contributed by atoms with E-state index in [1.54, 1.807) is 12.1 Å². The van der Waals surface area contributed by atoms with Crippen molar-refractivity contribution in [3.8, 4) is 0 Å². The molecule has 1 aromatic carbocycles. The first kappa shape index (κ1) is 11.7. The van der Waals surface area contributed by atoms with E-state index in [2.05, 4.69) is 10.6 Å². The number of carbonyl (C=O) groups excluding carboxylic acids is 1. The number of halogens is 2. The Balaban J connectivity index is 2.08. The highest BCUT2D eigenvalue weighted by atomic mass is 35.5. The minimum absolute atomic E-state index is 0.0392. The Morgan fingerprint density at radius 3 is 2.75 bits per heavy atom. The molecular formula is C11H12Cl2N2O. The van der Waals surface area contributed by atoms with Crippen LogP contribution < -0.4 is 10.6 Å². The molecule has 1 saturated heterocycles. The smallest absolute Gasteiger partial charge is 0.237 e. The molecule has 5 heteroatoms. The Bertz CT molecular complexity index is 409. The van der Waals surface area contributed by atoms with Gasteiger partial charge in [0.2, 0.25) is 5.91 Å². The highest BCUT2D eigenvalue weighted by molar-refractivity contribution is 6.42. The molecule has 0 aliphatic carbocycles. The van der Waals surface area contributed by atoms with Crippen LogP contribution in [0.15, 0.2) is 18.2 Å². The van der Waals surface area contributed by atoms with Crippen LogP contribution in [0.1, 0.15) is 5.56 Å². The monoisotopic (exact) mass is 258 g/mol. The molecular weight excluding hydrogens is 247 g/mol. The standard InChI is InChI=1S/C11H12Cl2N2O/c12-8-2-1-7(5-9(8)13)6-10-11(16)15-4-3-14-10/h1-2,5,10,14H,3-4,6H2,(H,15,16)/t10-/m1/s1. The molecule has 0 bridgehead atoms. The van der Waals surface area contributed by atoms with Crippen molar-refractivity contribution in [3.05, 3.63) is 33.8 Å². The number of carbonyl (C=O) groups is 1. The summed E-state index contributed by atoms with van der Waals surface area (Å²) < 4.78 is 0. The lowest BCUT2D eigenvalue weighted by atomic mass is 10.0. The van der Waals surface area contributed by atoms with Gasteiger partial charge in [0.25, 0.3) is 0 Å². The molecule has 1 heterocycles. The highest BCUT2D eigenvalue weighted by Crippen LogP contribution is 2.23. The zero-order valence-corrected chi connectivity index (χ0v) is 10.1. The average molecular weight is 259 g/mol. The molecule has 1 fully saturated rings. The number of benzene rings is 1. The van der Waals surface area contributed by atoms with Gasteiger partial charge in [-0.15, -0.1) is 0 Å². The minimum atomic E-state index is -0.175. The Hall–Kier alpha value is -0.770. The van der Waals surface area contributed by atoms with Gasteiger partial charge >= 0.3 is 0 Å². The van der Waals surface area contributed by atoms with Crippen molar-refractivity contribution in [1.29, 1.82) is 0 Å². The number of piperazine rings is 1. The molecule has 0 spiro atoms. The quantitative estimate of drug-likeness (QED) is 0.847. The maximum absolute atomic E-state index is 11.5. The van der Waals surface area contributed by atoms with Crippen molar-refractivity contribution >= 4 is 29.1 Å². The number of hydrogen-bond acceptors (Lipinski definition) is 2. The second-order valence-corrected chi connectivity index (χ2v) is 4.56. The normalized spacial score (nSPS) is 20.6. The van der Waals surface area contributed by atoms with Crippen LogP contribution in [0, 0.1) is 0 Å². The second kappa shape index (κ2) is 5.04. The number of hydrogen-bond donors (Lipinski definition) is 2. The Labute approximate surface area is 104 Å². The van der Waals surface area contributed by atoms with Gasteiger partial charge in [-0.05, 0) is 24.1 Å². The van der Waals surface area contributed by atoms with Crippen molar-refractivity contribution in [2.75, 3.05) is 13.1 Å². The van der Waals surface area contributed by atoms with Crippen LogP contribution in [0.25, 0.3) is 0 Å². The molecule has 2 rings (SSSR count). The zero-order valence-electron chi connectivity index (χ0n) is 8.59. The molecule has 1 amide bonds. The first-order valence-corrected chi connectivity index (χ1v) is 5.87. The summed E-state index contributed by atoms with van der Waals surface area (Å²) in [7, 11) is 0. The molecule has 3 nitrogen and oxygen atoms in total. The van der Waals surface area contributed by atoms with Crippen LogP contribution in [-0.2, 0) is 11.2 Å². The van der Waals surface area contributed by atoms with Gasteiger partial charge in [-0.25, -0.2) is 0 Å². The molecule has 1 atom stereocenters. The zero-order chi connectivity index (χ0) is 11.5. The summed E-state index contributed by atoms with van der Waals surface area (Å²) in [4.78, 5) is 11.5. The van der Waals surface area contributed by atoms with Crippen molar-refractivity contribution in [1.82, 2.24) is 10.6 Å². The lowest BCUT2D eigenvalue weighted by Crippen LogP contribution is -2.53. The van der Waals surface area contributed by atoms with E-state index in [9.17, 15) is 4.79 Å². The number of nitrogens with one attached hydrogen (secondary N) is 2. The molecule has 86 valence electrons. The largest absolute Gasteiger partial charge is 0.353 e. The van der Waals surface area contributed by atoms with Crippen LogP contribution in [-0.4, -0.2) is 25.0 Å². The maximum atomic E-state index is 11.5. The Morgan fingerprint density at radius 2 is 2.06 bits per heavy atom. The van der Waals surface area contributed by atoms with E-state index in [-0.39, 0.29) is 11.9 Å². The summed E-state index contributed by atoms with van der Waals surface area (Å²) >= 11 is 11.7. The fourth-order valence-corrected chi connectivity index (χ4v) is 2.04. The van der Waals surface area contributed by atoms with Gasteiger partial charge < -0.3 is 10.6 Å². The van der Waals surface area contributed by atoms with E-state index < -0.39 is 0 Å². The molecule has 16 heavy (non-hydrogen) atoms. The van der Waals surface area contributed by atoms with E-state index in [4.69, 9.17) is 23.2 Å². The molecule has 0 aromatic heterocycles. The fraction of sp³-hybridized carbons (Fsp3) is 0.364. The summed E-state index contributed by atoms with van der Waals surface area (Å²) in [5.41, 5.74) is 1.00. The molecule has 0 radical (unpaired) electrons. The minimum Gasteiger partial charge on any atom is -0.353 e. The van der Waals surface area contributed by atoms with Crippen LogP contribution in [0.4, 0.5) is 0 Å². The number of amides is 1. The highest BCUT2D eigenvalue weighted by Gasteiger charge is 2.21. The Morgan fingerprint density at radius 1 is 1.25 bits per heavy atom. The summed E-state index contributed by atoms with van der Waals surface area (Å²) in [5.74, 6) is 0.0392. The maximum Gasteiger partial charge on any atom is 0.237 e. The van der Waals surface area contributed by atoms with Gasteiger partial charge in [-0.1, -0.05) is 29.3 Å². The van der Waals surface area contributed by atoms with E-state index in [1.807, 2.05) is 6.07 Å². The first-order valence-electron chi connectivity index (χ1n) is 5.12. The molecule has 2 N–H and O–H groups in total. The molecule has 0 unspecified atom stereocenters. The van der Waals surface area contributed by atoms with Crippen LogP contribution >= 0.6 is 23.2 Å². The second-order valence-electron chi connectivity index (χ2n) is 3.75. The third-order valence-electron chi connectivity index (χ3n) is 2.56. The van der Waals surface area contributed by atoms with Gasteiger partial charge in [0.15, 0.2) is 0 Å². The summed E-state index contributed by atoms with van der Waals surface area (Å²) in [5, 5.41) is 7.04. The lowest BCUT2D eigenvalue weighted by Gasteiger charge is -2.23. The van der Waals surface area contributed by atoms with Gasteiger partial charge in [-0.2, -0.15) is 0 Å². The van der Waals surface area contributed by atoms with Gasteiger partial charge in [0, 0.05) is 13.1 Å². The SMILES string of the molecule is O=C1NCCN[C@@H]1Cc1ccc(Cl)c(Cl)c1. The van der Waals surface area contributed by atoms with E-state index in [1.165, 1.54) is 0 Å². The molecule has 1 aliphatic heterocycles. The van der Waals surface area contributed by atoms with Crippen LogP contribution in [0.2, 0.25) is 10.0 Å². The predicted molar refractivity (Wildman–Crippen MR) is 65.0 cm³/mol. The topological polar surface area (TPSA) is 41.1 Å². The molecule has 0 saturated carbocycles. The van der Waals surface area contributed by atoms with Gasteiger partial charge in [-0.3, -0.25) is 4.79 Å². The Kier molecular flexibility index (Phi) is 3.69.